The monoisotopic (exact) mass is 538 g/mol. The summed E-state index contributed by atoms with van der Waals surface area (Å²) < 4.78 is 20.8. The van der Waals surface area contributed by atoms with Crippen LogP contribution in [0.25, 0.3) is 11.2 Å². The fourth-order valence-electron chi connectivity index (χ4n) is 5.16. The number of benzene rings is 1. The maximum absolute atomic E-state index is 12.3. The summed E-state index contributed by atoms with van der Waals surface area (Å²) in [6, 6.07) is 7.71. The molecule has 5 rings (SSSR count). The number of nitrogen functional groups attached to an aromatic ring is 1. The van der Waals surface area contributed by atoms with E-state index in [0.29, 0.717) is 36.0 Å². The number of likely N-dealkylation sites (N-methyl/N-ethyl adjacent to an activating group) is 1. The zero-order valence-electron chi connectivity index (χ0n) is 23.1. The largest absolute Gasteiger partial charge is 0.382 e. The number of carbonyl (C=O) groups is 1. The zero-order valence-corrected chi connectivity index (χ0v) is 23.1. The van der Waals surface area contributed by atoms with Crippen molar-refractivity contribution in [3.63, 3.8) is 0 Å². The number of nitrogens with zero attached hydrogens (tertiary/aromatic N) is 5. The van der Waals surface area contributed by atoms with Crippen LogP contribution in [0.4, 0.5) is 16.3 Å². The molecule has 0 unspecified atom stereocenters. The number of anilines is 2. The molecule has 2 amide bonds. The highest BCUT2D eigenvalue weighted by molar-refractivity contribution is 5.89. The minimum atomic E-state index is -0.731. The van der Waals surface area contributed by atoms with Gasteiger partial charge in [-0.3, -0.25) is 4.57 Å². The molecule has 0 saturated carbocycles. The van der Waals surface area contributed by atoms with Gasteiger partial charge < -0.3 is 35.5 Å². The number of hydrogen-bond acceptors (Lipinski definition) is 9. The molecule has 210 valence electrons. The van der Waals surface area contributed by atoms with Gasteiger partial charge in [0.1, 0.15) is 30.2 Å². The fraction of sp³-hybridized carbons (Fsp3) is 0.556. The summed E-state index contributed by atoms with van der Waals surface area (Å²) in [5, 5.41) is 5.81. The Morgan fingerprint density at radius 3 is 2.64 bits per heavy atom. The van der Waals surface area contributed by atoms with Crippen LogP contribution in [0.5, 0.6) is 0 Å². The number of urea groups is 1. The Bertz CT molecular complexity index is 1290. The Balaban J connectivity index is 1.13. The van der Waals surface area contributed by atoms with E-state index in [-0.39, 0.29) is 24.3 Å². The van der Waals surface area contributed by atoms with E-state index in [9.17, 15) is 4.79 Å². The Morgan fingerprint density at radius 1 is 1.15 bits per heavy atom. The highest BCUT2D eigenvalue weighted by Gasteiger charge is 2.56. The van der Waals surface area contributed by atoms with Crippen LogP contribution in [0.1, 0.15) is 51.8 Å². The van der Waals surface area contributed by atoms with Gasteiger partial charge in [0.2, 0.25) is 0 Å². The molecular weight excluding hydrogens is 500 g/mol. The molecule has 2 saturated heterocycles. The van der Waals surface area contributed by atoms with E-state index in [0.717, 1.165) is 18.7 Å². The molecular formula is C27H38N8O4. The maximum atomic E-state index is 12.3. The summed E-state index contributed by atoms with van der Waals surface area (Å²) in [4.78, 5) is 27.2. The number of nitrogens with one attached hydrogen (secondary N) is 2. The molecule has 39 heavy (non-hydrogen) atoms. The van der Waals surface area contributed by atoms with Crippen LogP contribution in [0.3, 0.4) is 0 Å². The lowest BCUT2D eigenvalue weighted by molar-refractivity contribution is -0.197. The third-order valence-corrected chi connectivity index (χ3v) is 7.12. The van der Waals surface area contributed by atoms with E-state index in [4.69, 9.17) is 19.9 Å². The SMILES string of the molecule is CC(C)c1ccc(NC(=O)NCCCN(C)C[C@H]2O[C@@H](n3cnc4c(N)ncnc43)[C@@H]3OC(C)(C)O[C@@H]32)cc1. The Hall–Kier alpha value is -3.32. The van der Waals surface area contributed by atoms with Crippen molar-refractivity contribution in [2.45, 2.75) is 70.4 Å². The summed E-state index contributed by atoms with van der Waals surface area (Å²) in [6.45, 7) is 10.1. The molecule has 4 N–H and O–H groups in total. The highest BCUT2D eigenvalue weighted by Crippen LogP contribution is 2.44. The molecule has 0 bridgehead atoms. The second-order valence-corrected chi connectivity index (χ2v) is 11.0. The van der Waals surface area contributed by atoms with E-state index >= 15 is 0 Å². The average molecular weight is 539 g/mol. The Morgan fingerprint density at radius 2 is 1.90 bits per heavy atom. The first-order valence-electron chi connectivity index (χ1n) is 13.4. The summed E-state index contributed by atoms with van der Waals surface area (Å²) in [7, 11) is 2.03. The van der Waals surface area contributed by atoms with Crippen LogP contribution < -0.4 is 16.4 Å². The molecule has 4 atom stereocenters. The molecule has 2 aliphatic heterocycles. The fourth-order valence-corrected chi connectivity index (χ4v) is 5.16. The number of imidazole rings is 1. The number of carbonyl (C=O) groups excluding carboxylic acids is 1. The smallest absolute Gasteiger partial charge is 0.319 e. The van der Waals surface area contributed by atoms with Crippen molar-refractivity contribution >= 4 is 28.7 Å². The summed E-state index contributed by atoms with van der Waals surface area (Å²) in [6.07, 6.45) is 2.59. The van der Waals surface area contributed by atoms with Gasteiger partial charge in [0.05, 0.1) is 6.33 Å². The predicted molar refractivity (Wildman–Crippen MR) is 147 cm³/mol. The lowest BCUT2D eigenvalue weighted by atomic mass is 10.0. The quantitative estimate of drug-likeness (QED) is 0.350. The molecule has 3 aromatic rings. The second-order valence-electron chi connectivity index (χ2n) is 11.0. The molecule has 0 spiro atoms. The number of ether oxygens (including phenoxy) is 3. The van der Waals surface area contributed by atoms with E-state index in [1.54, 1.807) is 6.33 Å². The topological polar surface area (TPSA) is 142 Å². The standard InChI is InChI=1S/C27H38N8O4/c1-16(2)17-7-9-18(10-8-17)33-26(36)29-11-6-12-34(5)13-19-21-22(39-27(3,4)38-21)25(37-19)35-15-32-20-23(28)30-14-31-24(20)35/h7-10,14-16,19,21-22,25H,6,11-13H2,1-5H3,(H2,28,30,31)(H2,29,33,36)/t19-,21-,22-,25-/m1/s1. The number of fused-ring (bicyclic) bond motifs is 2. The minimum absolute atomic E-state index is 0.212. The summed E-state index contributed by atoms with van der Waals surface area (Å²) in [5.41, 5.74) is 9.12. The van der Waals surface area contributed by atoms with Crippen molar-refractivity contribution in [3.05, 3.63) is 42.5 Å². The number of aromatic nitrogens is 4. The first-order valence-corrected chi connectivity index (χ1v) is 13.4. The van der Waals surface area contributed by atoms with Crippen LogP contribution in [-0.2, 0) is 14.2 Å². The molecule has 2 aliphatic rings. The Labute approximate surface area is 228 Å². The van der Waals surface area contributed by atoms with Crippen molar-refractivity contribution in [2.75, 3.05) is 37.7 Å². The van der Waals surface area contributed by atoms with Gasteiger partial charge in [-0.25, -0.2) is 19.7 Å². The summed E-state index contributed by atoms with van der Waals surface area (Å²) >= 11 is 0. The molecule has 12 heteroatoms. The maximum Gasteiger partial charge on any atom is 0.319 e. The van der Waals surface area contributed by atoms with Gasteiger partial charge in [-0.15, -0.1) is 0 Å². The zero-order chi connectivity index (χ0) is 27.7. The first-order chi connectivity index (χ1) is 18.6. The third-order valence-electron chi connectivity index (χ3n) is 7.12. The van der Waals surface area contributed by atoms with Gasteiger partial charge >= 0.3 is 6.03 Å². The van der Waals surface area contributed by atoms with Crippen LogP contribution in [0.2, 0.25) is 0 Å². The minimum Gasteiger partial charge on any atom is -0.382 e. The van der Waals surface area contributed by atoms with Gasteiger partial charge in [0.25, 0.3) is 0 Å². The normalized spacial score (nSPS) is 24.0. The van der Waals surface area contributed by atoms with E-state index in [2.05, 4.69) is 44.3 Å². The number of amides is 2. The third kappa shape index (κ3) is 5.98. The number of nitrogens with two attached hydrogens (primary N) is 1. The van der Waals surface area contributed by atoms with Gasteiger partial charge in [-0.2, -0.15) is 0 Å². The molecule has 1 aromatic carbocycles. The summed E-state index contributed by atoms with van der Waals surface area (Å²) in [5.74, 6) is 0.0420. The molecule has 2 aromatic heterocycles. The van der Waals surface area contributed by atoms with Crippen molar-refractivity contribution in [3.8, 4) is 0 Å². The van der Waals surface area contributed by atoms with E-state index < -0.39 is 12.0 Å². The van der Waals surface area contributed by atoms with E-state index in [1.807, 2.05) is 49.7 Å². The average Bonchev–Trinajstić information content (AvgIpc) is 3.54. The van der Waals surface area contributed by atoms with E-state index in [1.165, 1.54) is 11.9 Å². The van der Waals surface area contributed by atoms with Crippen LogP contribution in [0.15, 0.2) is 36.9 Å². The molecule has 12 nitrogen and oxygen atoms in total. The van der Waals surface area contributed by atoms with Gasteiger partial charge in [0.15, 0.2) is 23.5 Å². The highest BCUT2D eigenvalue weighted by atomic mass is 16.8. The van der Waals surface area contributed by atoms with Crippen LogP contribution >= 0.6 is 0 Å². The lowest BCUT2D eigenvalue weighted by Crippen LogP contribution is -2.39. The van der Waals surface area contributed by atoms with Crippen molar-refractivity contribution in [2.24, 2.45) is 0 Å². The van der Waals surface area contributed by atoms with Gasteiger partial charge in [0, 0.05) is 18.8 Å². The lowest BCUT2D eigenvalue weighted by Gasteiger charge is -2.27. The Kier molecular flexibility index (Phi) is 7.72. The number of hydrogen-bond donors (Lipinski definition) is 3. The van der Waals surface area contributed by atoms with Crippen molar-refractivity contribution in [1.82, 2.24) is 29.7 Å². The van der Waals surface area contributed by atoms with Crippen molar-refractivity contribution < 1.29 is 19.0 Å². The molecule has 0 radical (unpaired) electrons. The second kappa shape index (κ2) is 11.0. The van der Waals surface area contributed by atoms with Gasteiger partial charge in [-0.05, 0) is 57.5 Å². The first kappa shape index (κ1) is 27.3. The molecule has 0 aliphatic carbocycles. The predicted octanol–water partition coefficient (Wildman–Crippen LogP) is 3.09. The van der Waals surface area contributed by atoms with Crippen LogP contribution in [0, 0.1) is 0 Å². The molecule has 2 fully saturated rings. The number of rotatable bonds is 9. The van der Waals surface area contributed by atoms with Crippen LogP contribution in [-0.4, -0.2) is 81.2 Å². The van der Waals surface area contributed by atoms with Gasteiger partial charge in [-0.1, -0.05) is 26.0 Å². The molecule has 4 heterocycles. The van der Waals surface area contributed by atoms with Crippen molar-refractivity contribution in [1.29, 1.82) is 0 Å².